The monoisotopic (exact) mass is 294 g/mol. The molecule has 0 bridgehead atoms. The summed E-state index contributed by atoms with van der Waals surface area (Å²) in [5.74, 6) is 0.148. The second-order valence-corrected chi connectivity index (χ2v) is 4.01. The van der Waals surface area contributed by atoms with Crippen LogP contribution in [0.4, 0.5) is 4.79 Å². The van der Waals surface area contributed by atoms with Gasteiger partial charge in [0.1, 0.15) is 0 Å². The number of urea groups is 1. The molecule has 3 N–H and O–H groups in total. The van der Waals surface area contributed by atoms with Crippen molar-refractivity contribution in [3.05, 3.63) is 36.0 Å². The van der Waals surface area contributed by atoms with Gasteiger partial charge in [-0.3, -0.25) is 0 Å². The van der Waals surface area contributed by atoms with Gasteiger partial charge < -0.3 is 25.2 Å². The maximum absolute atomic E-state index is 11.3. The number of ether oxygens (including phenoxy) is 2. The molecule has 0 radical (unpaired) electrons. The maximum atomic E-state index is 11.3. The number of carboxylic acids is 1. The molecule has 0 saturated carbocycles. The van der Waals surface area contributed by atoms with Crippen molar-refractivity contribution < 1.29 is 24.2 Å². The van der Waals surface area contributed by atoms with Crippen molar-refractivity contribution in [1.29, 1.82) is 0 Å². The van der Waals surface area contributed by atoms with Crippen LogP contribution in [0, 0.1) is 0 Å². The van der Waals surface area contributed by atoms with Crippen LogP contribution < -0.4 is 20.1 Å². The minimum atomic E-state index is -1.12. The minimum absolute atomic E-state index is 0.405. The van der Waals surface area contributed by atoms with Crippen LogP contribution in [-0.4, -0.2) is 37.9 Å². The van der Waals surface area contributed by atoms with Gasteiger partial charge in [0, 0.05) is 18.8 Å². The van der Waals surface area contributed by atoms with Crippen molar-refractivity contribution in [1.82, 2.24) is 10.6 Å². The third kappa shape index (κ3) is 5.85. The zero-order valence-corrected chi connectivity index (χ0v) is 11.9. The molecule has 1 aromatic carbocycles. The third-order valence-corrected chi connectivity index (χ3v) is 2.59. The molecule has 0 atom stereocenters. The van der Waals surface area contributed by atoms with Gasteiger partial charge in [0.05, 0.1) is 14.2 Å². The molecular weight excluding hydrogens is 276 g/mol. The van der Waals surface area contributed by atoms with Crippen molar-refractivity contribution in [2.45, 2.75) is 6.42 Å². The van der Waals surface area contributed by atoms with E-state index < -0.39 is 12.0 Å². The van der Waals surface area contributed by atoms with E-state index in [1.165, 1.54) is 0 Å². The number of benzene rings is 1. The number of carboxylic acid groups (broad SMARTS) is 1. The molecule has 0 spiro atoms. The molecule has 0 unspecified atom stereocenters. The van der Waals surface area contributed by atoms with Crippen LogP contribution in [0.1, 0.15) is 5.56 Å². The van der Waals surface area contributed by atoms with Crippen molar-refractivity contribution in [2.24, 2.45) is 0 Å². The Bertz CT molecular complexity index is 528. The van der Waals surface area contributed by atoms with Crippen LogP contribution in [0.2, 0.25) is 0 Å². The van der Waals surface area contributed by atoms with E-state index in [2.05, 4.69) is 10.6 Å². The van der Waals surface area contributed by atoms with E-state index >= 15 is 0 Å². The summed E-state index contributed by atoms with van der Waals surface area (Å²) < 4.78 is 10.3. The standard InChI is InChI=1S/C14H18N2O5/c1-20-11-4-3-10(9-12(11)21-2)5-7-15-14(19)16-8-6-13(17)18/h3-4,6,8-9H,5,7H2,1-2H3,(H,17,18)(H2,15,16,19)/b8-6+. The quantitative estimate of drug-likeness (QED) is 0.655. The zero-order chi connectivity index (χ0) is 15.7. The SMILES string of the molecule is COc1ccc(CCNC(=O)N/C=C/C(=O)O)cc1OC. The normalized spacial score (nSPS) is 10.2. The summed E-state index contributed by atoms with van der Waals surface area (Å²) in [6.45, 7) is 0.405. The highest BCUT2D eigenvalue weighted by Crippen LogP contribution is 2.27. The largest absolute Gasteiger partial charge is 0.493 e. The first-order chi connectivity index (χ1) is 10.1. The summed E-state index contributed by atoms with van der Waals surface area (Å²) >= 11 is 0. The molecule has 0 aliphatic carbocycles. The summed E-state index contributed by atoms with van der Waals surface area (Å²) in [6, 6.07) is 5.05. The van der Waals surface area contributed by atoms with E-state index in [9.17, 15) is 9.59 Å². The Hall–Kier alpha value is -2.70. The number of carbonyl (C=O) groups excluding carboxylic acids is 1. The van der Waals surface area contributed by atoms with Crippen molar-refractivity contribution in [3.63, 3.8) is 0 Å². The number of rotatable bonds is 7. The molecule has 0 heterocycles. The fourth-order valence-corrected chi connectivity index (χ4v) is 1.60. The second-order valence-electron chi connectivity index (χ2n) is 4.01. The van der Waals surface area contributed by atoms with Crippen LogP contribution in [-0.2, 0) is 11.2 Å². The van der Waals surface area contributed by atoms with Crippen LogP contribution in [0.5, 0.6) is 11.5 Å². The van der Waals surface area contributed by atoms with Crippen molar-refractivity contribution in [2.75, 3.05) is 20.8 Å². The van der Waals surface area contributed by atoms with Gasteiger partial charge in [-0.1, -0.05) is 6.07 Å². The minimum Gasteiger partial charge on any atom is -0.493 e. The lowest BCUT2D eigenvalue weighted by Gasteiger charge is -2.10. The molecule has 7 heteroatoms. The zero-order valence-electron chi connectivity index (χ0n) is 11.9. The predicted octanol–water partition coefficient (Wildman–Crippen LogP) is 1.14. The fraction of sp³-hybridized carbons (Fsp3) is 0.286. The molecule has 2 amide bonds. The average Bonchev–Trinajstić information content (AvgIpc) is 2.46. The first-order valence-electron chi connectivity index (χ1n) is 6.21. The molecule has 21 heavy (non-hydrogen) atoms. The summed E-state index contributed by atoms with van der Waals surface area (Å²) in [7, 11) is 3.12. The number of hydrogen-bond donors (Lipinski definition) is 3. The van der Waals surface area contributed by atoms with Crippen molar-refractivity contribution >= 4 is 12.0 Å². The molecule has 7 nitrogen and oxygen atoms in total. The van der Waals surface area contributed by atoms with E-state index in [1.54, 1.807) is 20.3 Å². The van der Waals surface area contributed by atoms with Crippen LogP contribution in [0.25, 0.3) is 0 Å². The van der Waals surface area contributed by atoms with E-state index in [4.69, 9.17) is 14.6 Å². The maximum Gasteiger partial charge on any atom is 0.329 e. The Balaban J connectivity index is 2.42. The van der Waals surface area contributed by atoms with Gasteiger partial charge in [0.25, 0.3) is 0 Å². The molecule has 0 aliphatic rings. The molecule has 1 aromatic rings. The van der Waals surface area contributed by atoms with Crippen LogP contribution >= 0.6 is 0 Å². The van der Waals surface area contributed by atoms with Gasteiger partial charge in [-0.15, -0.1) is 0 Å². The highest BCUT2D eigenvalue weighted by atomic mass is 16.5. The molecule has 0 aromatic heterocycles. The first kappa shape index (κ1) is 16.4. The lowest BCUT2D eigenvalue weighted by atomic mass is 10.1. The fourth-order valence-electron chi connectivity index (χ4n) is 1.60. The Kier molecular flexibility index (Phi) is 6.59. The summed E-state index contributed by atoms with van der Waals surface area (Å²) in [5, 5.41) is 13.3. The summed E-state index contributed by atoms with van der Waals surface area (Å²) in [5.41, 5.74) is 0.981. The Labute approximate surface area is 122 Å². The Morgan fingerprint density at radius 3 is 2.57 bits per heavy atom. The molecule has 1 rings (SSSR count). The topological polar surface area (TPSA) is 96.9 Å². The number of hydrogen-bond acceptors (Lipinski definition) is 4. The van der Waals surface area contributed by atoms with E-state index in [-0.39, 0.29) is 0 Å². The number of amides is 2. The smallest absolute Gasteiger partial charge is 0.329 e. The average molecular weight is 294 g/mol. The lowest BCUT2D eigenvalue weighted by molar-refractivity contribution is -0.131. The van der Waals surface area contributed by atoms with E-state index in [0.29, 0.717) is 24.5 Å². The molecule has 0 saturated heterocycles. The van der Waals surface area contributed by atoms with Gasteiger partial charge in [-0.2, -0.15) is 0 Å². The van der Waals surface area contributed by atoms with Gasteiger partial charge in [-0.05, 0) is 24.1 Å². The van der Waals surface area contributed by atoms with Gasteiger partial charge in [0.2, 0.25) is 0 Å². The first-order valence-corrected chi connectivity index (χ1v) is 6.21. The van der Waals surface area contributed by atoms with E-state index in [0.717, 1.165) is 17.8 Å². The second kappa shape index (κ2) is 8.47. The molecule has 0 aliphatic heterocycles. The van der Waals surface area contributed by atoms with Crippen LogP contribution in [0.15, 0.2) is 30.5 Å². The predicted molar refractivity (Wildman–Crippen MR) is 76.6 cm³/mol. The number of carbonyl (C=O) groups is 2. The lowest BCUT2D eigenvalue weighted by Crippen LogP contribution is -2.33. The van der Waals surface area contributed by atoms with Gasteiger partial charge in [0.15, 0.2) is 11.5 Å². The Morgan fingerprint density at radius 1 is 1.24 bits per heavy atom. The van der Waals surface area contributed by atoms with Crippen LogP contribution in [0.3, 0.4) is 0 Å². The summed E-state index contributed by atoms with van der Waals surface area (Å²) in [4.78, 5) is 21.5. The Morgan fingerprint density at radius 2 is 1.95 bits per heavy atom. The highest BCUT2D eigenvalue weighted by Gasteiger charge is 2.05. The molecule has 114 valence electrons. The van der Waals surface area contributed by atoms with Gasteiger partial charge >= 0.3 is 12.0 Å². The van der Waals surface area contributed by atoms with Crippen molar-refractivity contribution in [3.8, 4) is 11.5 Å². The number of nitrogens with one attached hydrogen (secondary N) is 2. The van der Waals surface area contributed by atoms with E-state index in [1.807, 2.05) is 12.1 Å². The number of aliphatic carboxylic acids is 1. The molecular formula is C14H18N2O5. The molecule has 0 fully saturated rings. The number of methoxy groups -OCH3 is 2. The third-order valence-electron chi connectivity index (χ3n) is 2.59. The van der Waals surface area contributed by atoms with Gasteiger partial charge in [-0.25, -0.2) is 9.59 Å². The summed E-state index contributed by atoms with van der Waals surface area (Å²) in [6.07, 6.45) is 2.51. The highest BCUT2D eigenvalue weighted by molar-refractivity contribution is 5.81.